The molecule has 0 N–H and O–H groups in total. The van der Waals surface area contributed by atoms with Crippen molar-refractivity contribution in [3.63, 3.8) is 0 Å². The van der Waals surface area contributed by atoms with Crippen LogP contribution in [-0.4, -0.2) is 25.8 Å². The lowest BCUT2D eigenvalue weighted by Gasteiger charge is -2.43. The van der Waals surface area contributed by atoms with Crippen molar-refractivity contribution >= 4 is 10.0 Å². The maximum atomic E-state index is 13.3. The van der Waals surface area contributed by atoms with Gasteiger partial charge < -0.3 is 0 Å². The number of hydrogen-bond donors (Lipinski definition) is 0. The highest BCUT2D eigenvalue weighted by atomic mass is 32.2. The minimum Gasteiger partial charge on any atom is -0.207 e. The zero-order valence-electron chi connectivity index (χ0n) is 18.3. The molecule has 0 aromatic heterocycles. The Balaban J connectivity index is 1.48. The van der Waals surface area contributed by atoms with Crippen LogP contribution in [0.2, 0.25) is 0 Å². The predicted octanol–water partition coefficient (Wildman–Crippen LogP) is 4.65. The first-order valence-electron chi connectivity index (χ1n) is 11.3. The third-order valence-corrected chi connectivity index (χ3v) is 9.84. The van der Waals surface area contributed by atoms with Gasteiger partial charge in [-0.2, -0.15) is 14.8 Å². The summed E-state index contributed by atoms with van der Waals surface area (Å²) in [6.07, 6.45) is 5.80. The van der Waals surface area contributed by atoms with Crippen molar-refractivity contribution in [1.29, 1.82) is 10.5 Å². The van der Waals surface area contributed by atoms with Crippen LogP contribution in [0.3, 0.4) is 0 Å². The van der Waals surface area contributed by atoms with E-state index in [1.807, 2.05) is 19.1 Å². The molecule has 1 heterocycles. The van der Waals surface area contributed by atoms with Crippen LogP contribution in [0.15, 0.2) is 64.1 Å². The van der Waals surface area contributed by atoms with Crippen LogP contribution >= 0.6 is 0 Å². The monoisotopic (exact) mass is 445 g/mol. The molecule has 1 aromatic carbocycles. The Morgan fingerprint density at radius 2 is 1.75 bits per heavy atom. The summed E-state index contributed by atoms with van der Waals surface area (Å²) in [5, 5.41) is 19.3. The molecule has 3 atom stereocenters. The van der Waals surface area contributed by atoms with E-state index >= 15 is 0 Å². The van der Waals surface area contributed by atoms with Crippen LogP contribution in [0, 0.1) is 52.8 Å². The normalized spacial score (nSPS) is 29.3. The molecule has 0 amide bonds. The highest BCUT2D eigenvalue weighted by Gasteiger charge is 2.49. The third kappa shape index (κ3) is 3.17. The summed E-state index contributed by atoms with van der Waals surface area (Å²) in [4.78, 5) is 0.343. The van der Waals surface area contributed by atoms with Gasteiger partial charge in [0.05, 0.1) is 17.0 Å². The number of fused-ring (bicyclic) bond motifs is 4. The Morgan fingerprint density at radius 3 is 2.44 bits per heavy atom. The summed E-state index contributed by atoms with van der Waals surface area (Å²) in [6, 6.07) is 11.6. The predicted molar refractivity (Wildman–Crippen MR) is 121 cm³/mol. The zero-order valence-corrected chi connectivity index (χ0v) is 19.2. The van der Waals surface area contributed by atoms with E-state index in [-0.39, 0.29) is 17.8 Å². The molecule has 0 unspecified atom stereocenters. The molecule has 164 valence electrons. The number of nitriles is 2. The Hall–Kier alpha value is -2.67. The van der Waals surface area contributed by atoms with E-state index in [1.165, 1.54) is 16.7 Å². The maximum absolute atomic E-state index is 13.3. The van der Waals surface area contributed by atoms with Gasteiger partial charge in [-0.05, 0) is 51.2 Å². The second-order valence-corrected chi connectivity index (χ2v) is 11.7. The zero-order chi connectivity index (χ0) is 22.7. The Bertz CT molecular complexity index is 1230. The average Bonchev–Trinajstić information content (AvgIpc) is 3.26. The first-order valence-corrected chi connectivity index (χ1v) is 12.7. The quantitative estimate of drug-likeness (QED) is 0.620. The van der Waals surface area contributed by atoms with Gasteiger partial charge in [0, 0.05) is 30.8 Å². The molecule has 0 radical (unpaired) electrons. The van der Waals surface area contributed by atoms with Crippen molar-refractivity contribution in [2.24, 2.45) is 23.2 Å². The molecule has 1 aliphatic heterocycles. The minimum atomic E-state index is -3.55. The van der Waals surface area contributed by atoms with Gasteiger partial charge >= 0.3 is 0 Å². The Labute approximate surface area is 190 Å². The topological polar surface area (TPSA) is 85.0 Å². The van der Waals surface area contributed by atoms with Gasteiger partial charge in [-0.15, -0.1) is 0 Å². The van der Waals surface area contributed by atoms with E-state index in [4.69, 9.17) is 0 Å². The Morgan fingerprint density at radius 1 is 1.06 bits per heavy atom. The second-order valence-electron chi connectivity index (χ2n) is 9.78. The van der Waals surface area contributed by atoms with Gasteiger partial charge in [0.2, 0.25) is 10.0 Å². The maximum Gasteiger partial charge on any atom is 0.243 e. The van der Waals surface area contributed by atoms with Crippen LogP contribution in [0.5, 0.6) is 0 Å². The second kappa shape index (κ2) is 7.44. The lowest BCUT2D eigenvalue weighted by molar-refractivity contribution is 0.356. The summed E-state index contributed by atoms with van der Waals surface area (Å²) in [5.74, 6) is 0.403. The summed E-state index contributed by atoms with van der Waals surface area (Å²) >= 11 is 0. The summed E-state index contributed by atoms with van der Waals surface area (Å²) in [6.45, 7) is 7.26. The van der Waals surface area contributed by atoms with Crippen molar-refractivity contribution in [1.82, 2.24) is 4.31 Å². The molecular formula is C26H27N3O2S. The lowest BCUT2D eigenvalue weighted by Crippen LogP contribution is -2.34. The van der Waals surface area contributed by atoms with Gasteiger partial charge in [-0.1, -0.05) is 52.6 Å². The summed E-state index contributed by atoms with van der Waals surface area (Å²) in [7, 11) is -3.55. The lowest BCUT2D eigenvalue weighted by atomic mass is 9.60. The van der Waals surface area contributed by atoms with E-state index in [0.717, 1.165) is 30.4 Å². The van der Waals surface area contributed by atoms with Gasteiger partial charge in [0.1, 0.15) is 5.41 Å². The molecule has 5 rings (SSSR count). The van der Waals surface area contributed by atoms with E-state index in [2.05, 4.69) is 24.8 Å². The minimum absolute atomic E-state index is 0.118. The van der Waals surface area contributed by atoms with Gasteiger partial charge in [-0.3, -0.25) is 0 Å². The number of allylic oxidation sites excluding steroid dienone is 3. The van der Waals surface area contributed by atoms with Crippen molar-refractivity contribution in [2.75, 3.05) is 13.1 Å². The fourth-order valence-corrected chi connectivity index (χ4v) is 7.62. The fourth-order valence-electron chi connectivity index (χ4n) is 6.13. The largest absolute Gasteiger partial charge is 0.243 e. The van der Waals surface area contributed by atoms with E-state index in [0.29, 0.717) is 30.8 Å². The van der Waals surface area contributed by atoms with Crippen molar-refractivity contribution < 1.29 is 8.42 Å². The van der Waals surface area contributed by atoms with Crippen molar-refractivity contribution in [3.8, 4) is 12.1 Å². The van der Waals surface area contributed by atoms with Gasteiger partial charge in [0.15, 0.2) is 0 Å². The third-order valence-electron chi connectivity index (χ3n) is 7.99. The number of benzene rings is 1. The van der Waals surface area contributed by atoms with E-state index in [9.17, 15) is 18.9 Å². The van der Waals surface area contributed by atoms with E-state index in [1.54, 1.807) is 16.4 Å². The van der Waals surface area contributed by atoms with Crippen LogP contribution in [0.4, 0.5) is 0 Å². The molecule has 0 bridgehead atoms. The SMILES string of the molecule is C=C1CC2=C(CCC3=CCC(C#N)(C#N)C[C@@H]32)[C@H]2CN(S(=O)(=O)c3ccc(C)cc3)C[C@@H]12. The number of nitrogens with zero attached hydrogens (tertiary/aromatic N) is 3. The highest BCUT2D eigenvalue weighted by Crippen LogP contribution is 2.55. The number of rotatable bonds is 2. The Kier molecular flexibility index (Phi) is 4.93. The smallest absolute Gasteiger partial charge is 0.207 e. The molecular weight excluding hydrogens is 418 g/mol. The summed E-state index contributed by atoms with van der Waals surface area (Å²) in [5.41, 5.74) is 5.17. The first-order chi connectivity index (χ1) is 15.3. The molecule has 0 spiro atoms. The molecule has 0 saturated carbocycles. The molecule has 5 nitrogen and oxygen atoms in total. The van der Waals surface area contributed by atoms with Crippen molar-refractivity contribution in [3.05, 3.63) is 64.8 Å². The van der Waals surface area contributed by atoms with E-state index < -0.39 is 15.4 Å². The molecule has 6 heteroatoms. The van der Waals surface area contributed by atoms with Gasteiger partial charge in [0.25, 0.3) is 0 Å². The number of hydrogen-bond acceptors (Lipinski definition) is 4. The standard InChI is InChI=1S/C26H27N3O2S/c1-17-3-6-20(7-4-17)32(30,31)29-13-24-18(2)11-22-21(25(24)14-29)8-5-19-9-10-26(15-27,16-28)12-23(19)22/h3-4,6-7,9,23-25H,2,5,8,10-14H2,1H3/t23-,24-,25+/m0/s1. The average molecular weight is 446 g/mol. The first kappa shape index (κ1) is 21.2. The molecule has 3 aliphatic carbocycles. The fraction of sp³-hybridized carbons (Fsp3) is 0.462. The van der Waals surface area contributed by atoms with Crippen LogP contribution in [0.1, 0.15) is 37.7 Å². The summed E-state index contributed by atoms with van der Waals surface area (Å²) < 4.78 is 28.3. The van der Waals surface area contributed by atoms with Crippen molar-refractivity contribution in [2.45, 2.75) is 43.9 Å². The molecule has 4 aliphatic rings. The number of sulfonamides is 1. The van der Waals surface area contributed by atoms with Crippen LogP contribution in [-0.2, 0) is 10.0 Å². The molecule has 32 heavy (non-hydrogen) atoms. The number of aryl methyl sites for hydroxylation is 1. The van der Waals surface area contributed by atoms with Crippen LogP contribution in [0.25, 0.3) is 0 Å². The van der Waals surface area contributed by atoms with Gasteiger partial charge in [-0.25, -0.2) is 8.42 Å². The molecule has 1 saturated heterocycles. The molecule has 1 fully saturated rings. The molecule has 1 aromatic rings. The highest BCUT2D eigenvalue weighted by molar-refractivity contribution is 7.89. The van der Waals surface area contributed by atoms with Crippen LogP contribution < -0.4 is 0 Å².